The van der Waals surface area contributed by atoms with Crippen molar-refractivity contribution in [3.05, 3.63) is 18.3 Å². The van der Waals surface area contributed by atoms with Gasteiger partial charge in [-0.1, -0.05) is 12.8 Å². The van der Waals surface area contributed by atoms with Gasteiger partial charge in [-0.2, -0.15) is 0 Å². The molecule has 0 bridgehead atoms. The van der Waals surface area contributed by atoms with Crippen LogP contribution in [0.1, 0.15) is 25.7 Å². The van der Waals surface area contributed by atoms with E-state index < -0.39 is 10.0 Å². The standard InChI is InChI=1S/C13H18N4O2S/c1-17-12-11(7-4-8-14-12)15-13(17)16-20(18,19)9-10-5-2-3-6-10/h4,7-8,10H,2-3,5-6,9H2,1H3,(H,15,16). The molecule has 0 amide bonds. The maximum Gasteiger partial charge on any atom is 0.235 e. The van der Waals surface area contributed by atoms with Crippen molar-refractivity contribution in [3.8, 4) is 0 Å². The smallest absolute Gasteiger partial charge is 0.235 e. The fourth-order valence-corrected chi connectivity index (χ4v) is 4.28. The highest BCUT2D eigenvalue weighted by Crippen LogP contribution is 2.26. The van der Waals surface area contributed by atoms with E-state index in [-0.39, 0.29) is 11.7 Å². The first-order valence-electron chi connectivity index (χ1n) is 6.83. The molecule has 1 aliphatic rings. The van der Waals surface area contributed by atoms with Crippen LogP contribution in [0.3, 0.4) is 0 Å². The number of sulfonamides is 1. The molecule has 0 unspecified atom stereocenters. The average Bonchev–Trinajstić information content (AvgIpc) is 2.99. The number of imidazole rings is 1. The van der Waals surface area contributed by atoms with Gasteiger partial charge >= 0.3 is 0 Å². The second kappa shape index (κ2) is 5.05. The summed E-state index contributed by atoms with van der Waals surface area (Å²) in [6.07, 6.45) is 5.95. The third kappa shape index (κ3) is 2.63. The van der Waals surface area contributed by atoms with Crippen molar-refractivity contribution in [2.24, 2.45) is 13.0 Å². The maximum atomic E-state index is 12.2. The van der Waals surface area contributed by atoms with Gasteiger partial charge in [-0.15, -0.1) is 0 Å². The van der Waals surface area contributed by atoms with Crippen LogP contribution < -0.4 is 4.72 Å². The van der Waals surface area contributed by atoms with Gasteiger partial charge in [-0.05, 0) is 30.9 Å². The van der Waals surface area contributed by atoms with Gasteiger partial charge in [-0.25, -0.2) is 18.4 Å². The molecule has 1 fully saturated rings. The van der Waals surface area contributed by atoms with Gasteiger partial charge in [0.2, 0.25) is 16.0 Å². The lowest BCUT2D eigenvalue weighted by atomic mass is 10.1. The lowest BCUT2D eigenvalue weighted by Gasteiger charge is -2.11. The molecule has 0 radical (unpaired) electrons. The molecule has 0 saturated heterocycles. The predicted molar refractivity (Wildman–Crippen MR) is 77.9 cm³/mol. The lowest BCUT2D eigenvalue weighted by molar-refractivity contribution is 0.562. The number of anilines is 1. The highest BCUT2D eigenvalue weighted by atomic mass is 32.2. The molecular weight excluding hydrogens is 276 g/mol. The molecule has 7 heteroatoms. The predicted octanol–water partition coefficient (Wildman–Crippen LogP) is 1.90. The van der Waals surface area contributed by atoms with Gasteiger partial charge in [0.15, 0.2) is 5.65 Å². The third-order valence-electron chi connectivity index (χ3n) is 3.80. The van der Waals surface area contributed by atoms with Crippen molar-refractivity contribution in [2.45, 2.75) is 25.7 Å². The van der Waals surface area contributed by atoms with Crippen LogP contribution in [-0.4, -0.2) is 28.7 Å². The molecule has 2 aromatic rings. The molecule has 6 nitrogen and oxygen atoms in total. The zero-order chi connectivity index (χ0) is 14.2. The van der Waals surface area contributed by atoms with Gasteiger partial charge in [-0.3, -0.25) is 9.29 Å². The maximum absolute atomic E-state index is 12.2. The van der Waals surface area contributed by atoms with E-state index in [1.165, 1.54) is 0 Å². The molecule has 3 rings (SSSR count). The molecule has 1 N–H and O–H groups in total. The minimum absolute atomic E-state index is 0.184. The Kier molecular flexibility index (Phi) is 3.37. The van der Waals surface area contributed by atoms with Gasteiger partial charge < -0.3 is 0 Å². The lowest BCUT2D eigenvalue weighted by Crippen LogP contribution is -2.23. The minimum Gasteiger partial charge on any atom is -0.297 e. The number of nitrogens with one attached hydrogen (secondary N) is 1. The largest absolute Gasteiger partial charge is 0.297 e. The Morgan fingerprint density at radius 3 is 2.85 bits per heavy atom. The SMILES string of the molecule is Cn1c(NS(=O)(=O)CC2CCCC2)nc2cccnc21. The van der Waals surface area contributed by atoms with Crippen LogP contribution in [0, 0.1) is 5.92 Å². The number of fused-ring (bicyclic) bond motifs is 1. The molecule has 0 atom stereocenters. The van der Waals surface area contributed by atoms with Gasteiger partial charge in [0.25, 0.3) is 0 Å². The van der Waals surface area contributed by atoms with Crippen LogP contribution in [0.5, 0.6) is 0 Å². The van der Waals surface area contributed by atoms with Gasteiger partial charge in [0, 0.05) is 13.2 Å². The summed E-state index contributed by atoms with van der Waals surface area (Å²) in [5.74, 6) is 0.792. The molecule has 0 spiro atoms. The van der Waals surface area contributed by atoms with Crippen molar-refractivity contribution < 1.29 is 8.42 Å². The molecule has 0 aromatic carbocycles. The topological polar surface area (TPSA) is 76.9 Å². The monoisotopic (exact) mass is 294 g/mol. The zero-order valence-corrected chi connectivity index (χ0v) is 12.2. The van der Waals surface area contributed by atoms with Crippen LogP contribution in [0.25, 0.3) is 11.2 Å². The second-order valence-corrected chi connectivity index (χ2v) is 7.14. The molecule has 1 aliphatic carbocycles. The highest BCUT2D eigenvalue weighted by Gasteiger charge is 2.24. The number of pyridine rings is 1. The normalized spacial score (nSPS) is 16.9. The average molecular weight is 294 g/mol. The van der Waals surface area contributed by atoms with Gasteiger partial charge in [0.05, 0.1) is 5.75 Å². The van der Waals surface area contributed by atoms with Crippen molar-refractivity contribution in [1.29, 1.82) is 0 Å². The summed E-state index contributed by atoms with van der Waals surface area (Å²) in [6, 6.07) is 3.60. The minimum atomic E-state index is -3.35. The molecular formula is C13H18N4O2S. The first-order valence-corrected chi connectivity index (χ1v) is 8.48. The van der Waals surface area contributed by atoms with E-state index in [4.69, 9.17) is 0 Å². The molecule has 1 saturated carbocycles. The zero-order valence-electron chi connectivity index (χ0n) is 11.4. The van der Waals surface area contributed by atoms with E-state index in [0.29, 0.717) is 17.1 Å². The number of nitrogens with zero attached hydrogens (tertiary/aromatic N) is 3. The summed E-state index contributed by atoms with van der Waals surface area (Å²) < 4.78 is 28.7. The van der Waals surface area contributed by atoms with Crippen molar-refractivity contribution in [2.75, 3.05) is 10.5 Å². The molecule has 2 heterocycles. The first-order chi connectivity index (χ1) is 9.55. The van der Waals surface area contributed by atoms with E-state index in [0.717, 1.165) is 25.7 Å². The Hall–Kier alpha value is -1.63. The molecule has 0 aliphatic heterocycles. The number of aromatic nitrogens is 3. The Labute approximate surface area is 118 Å². The van der Waals surface area contributed by atoms with Crippen molar-refractivity contribution >= 4 is 27.1 Å². The number of rotatable bonds is 4. The Bertz CT molecular complexity index is 717. The van der Waals surface area contributed by atoms with Crippen molar-refractivity contribution in [3.63, 3.8) is 0 Å². The van der Waals surface area contributed by atoms with Gasteiger partial charge in [0.1, 0.15) is 5.52 Å². The summed E-state index contributed by atoms with van der Waals surface area (Å²) in [4.78, 5) is 8.48. The Morgan fingerprint density at radius 2 is 2.15 bits per heavy atom. The fraction of sp³-hybridized carbons (Fsp3) is 0.538. The molecule has 20 heavy (non-hydrogen) atoms. The van der Waals surface area contributed by atoms with E-state index in [1.807, 2.05) is 6.07 Å². The number of hydrogen-bond acceptors (Lipinski definition) is 4. The van der Waals surface area contributed by atoms with Crippen molar-refractivity contribution in [1.82, 2.24) is 14.5 Å². The Balaban J connectivity index is 1.83. The fourth-order valence-electron chi connectivity index (χ4n) is 2.78. The van der Waals surface area contributed by atoms with E-state index in [2.05, 4.69) is 14.7 Å². The molecule has 108 valence electrons. The summed E-state index contributed by atoms with van der Waals surface area (Å²) in [7, 11) is -1.59. The van der Waals surface area contributed by atoms with Crippen LogP contribution in [-0.2, 0) is 17.1 Å². The number of aryl methyl sites for hydroxylation is 1. The van der Waals surface area contributed by atoms with E-state index in [9.17, 15) is 8.42 Å². The van der Waals surface area contributed by atoms with Crippen LogP contribution in [0.4, 0.5) is 5.95 Å². The highest BCUT2D eigenvalue weighted by molar-refractivity contribution is 7.92. The second-order valence-electron chi connectivity index (χ2n) is 5.37. The van der Waals surface area contributed by atoms with E-state index in [1.54, 1.807) is 23.9 Å². The summed E-state index contributed by atoms with van der Waals surface area (Å²) >= 11 is 0. The summed E-state index contributed by atoms with van der Waals surface area (Å²) in [5, 5.41) is 0. The molecule has 2 aromatic heterocycles. The number of hydrogen-bond donors (Lipinski definition) is 1. The Morgan fingerprint density at radius 1 is 1.40 bits per heavy atom. The summed E-state index contributed by atoms with van der Waals surface area (Å²) in [6.45, 7) is 0. The van der Waals surface area contributed by atoms with Crippen LogP contribution in [0.2, 0.25) is 0 Å². The van der Waals surface area contributed by atoms with E-state index >= 15 is 0 Å². The van der Waals surface area contributed by atoms with Crippen LogP contribution in [0.15, 0.2) is 18.3 Å². The third-order valence-corrected chi connectivity index (χ3v) is 5.21. The van der Waals surface area contributed by atoms with Crippen LogP contribution >= 0.6 is 0 Å². The first kappa shape index (κ1) is 13.4. The quantitative estimate of drug-likeness (QED) is 0.934. The summed E-state index contributed by atoms with van der Waals surface area (Å²) in [5.41, 5.74) is 1.36.